The summed E-state index contributed by atoms with van der Waals surface area (Å²) in [4.78, 5) is 37.9. The second-order valence-corrected chi connectivity index (χ2v) is 7.01. The maximum atomic E-state index is 12.5. The number of nitrogens with one attached hydrogen (secondary N) is 2. The highest BCUT2D eigenvalue weighted by atomic mass is 32.2. The van der Waals surface area contributed by atoms with Crippen LogP contribution in [0.3, 0.4) is 0 Å². The van der Waals surface area contributed by atoms with E-state index in [2.05, 4.69) is 10.6 Å². The minimum absolute atomic E-state index is 0.0314. The van der Waals surface area contributed by atoms with Gasteiger partial charge in [-0.1, -0.05) is 0 Å². The van der Waals surface area contributed by atoms with E-state index in [-0.39, 0.29) is 17.9 Å². The Balaban J connectivity index is 1.96. The van der Waals surface area contributed by atoms with Crippen LogP contribution in [0.15, 0.2) is 0 Å². The van der Waals surface area contributed by atoms with Crippen LogP contribution in [0.2, 0.25) is 0 Å². The number of aliphatic carboxylic acids is 1. The topological polar surface area (TPSA) is 98.7 Å². The monoisotopic (exact) mass is 343 g/mol. The first-order valence-electron chi connectivity index (χ1n) is 8.10. The maximum absolute atomic E-state index is 12.5. The molecule has 0 aromatic carbocycles. The van der Waals surface area contributed by atoms with Crippen molar-refractivity contribution in [2.45, 2.75) is 50.2 Å². The molecule has 2 rings (SSSR count). The van der Waals surface area contributed by atoms with E-state index in [0.717, 1.165) is 25.8 Å². The summed E-state index contributed by atoms with van der Waals surface area (Å²) < 4.78 is 0. The van der Waals surface area contributed by atoms with Gasteiger partial charge in [0.1, 0.15) is 12.1 Å². The first kappa shape index (κ1) is 18.1. The van der Waals surface area contributed by atoms with Crippen LogP contribution in [0, 0.1) is 0 Å². The Morgan fingerprint density at radius 2 is 2.13 bits per heavy atom. The standard InChI is InChI=1S/C15H25N3O4S/c1-23-9-6-11(15(21)22)17-13(19)12-5-3-8-18(12)14(20)10-4-2-7-16-10/h10-12,16H,2-9H2,1H3,(H,17,19)(H,21,22)/t10-,11-,12-/m0/s1. The summed E-state index contributed by atoms with van der Waals surface area (Å²) in [5, 5.41) is 15.0. The van der Waals surface area contributed by atoms with Gasteiger partial charge in [-0.3, -0.25) is 9.59 Å². The number of carbonyl (C=O) groups is 3. The summed E-state index contributed by atoms with van der Waals surface area (Å²) in [6.45, 7) is 1.40. The Labute approximate surface area is 140 Å². The summed E-state index contributed by atoms with van der Waals surface area (Å²) in [6, 6.07) is -1.63. The fourth-order valence-electron chi connectivity index (χ4n) is 3.16. The Kier molecular flexibility index (Phi) is 6.71. The lowest BCUT2D eigenvalue weighted by Crippen LogP contribution is -2.53. The summed E-state index contributed by atoms with van der Waals surface area (Å²) in [7, 11) is 0. The van der Waals surface area contributed by atoms with Gasteiger partial charge in [0, 0.05) is 6.54 Å². The number of nitrogens with zero attached hydrogens (tertiary/aromatic N) is 1. The zero-order valence-electron chi connectivity index (χ0n) is 13.4. The van der Waals surface area contributed by atoms with Gasteiger partial charge in [-0.25, -0.2) is 4.79 Å². The minimum Gasteiger partial charge on any atom is -0.480 e. The van der Waals surface area contributed by atoms with Gasteiger partial charge in [-0.15, -0.1) is 0 Å². The molecule has 2 aliphatic heterocycles. The maximum Gasteiger partial charge on any atom is 0.326 e. The highest BCUT2D eigenvalue weighted by molar-refractivity contribution is 7.98. The van der Waals surface area contributed by atoms with Crippen molar-refractivity contribution in [3.05, 3.63) is 0 Å². The number of hydrogen-bond donors (Lipinski definition) is 3. The first-order valence-corrected chi connectivity index (χ1v) is 9.50. The van der Waals surface area contributed by atoms with Crippen LogP contribution in [-0.4, -0.2) is 71.0 Å². The number of rotatable bonds is 7. The third kappa shape index (κ3) is 4.60. The lowest BCUT2D eigenvalue weighted by molar-refractivity contribution is -0.144. The Bertz CT molecular complexity index is 454. The number of amides is 2. The summed E-state index contributed by atoms with van der Waals surface area (Å²) in [5.74, 6) is -0.740. The Morgan fingerprint density at radius 3 is 2.74 bits per heavy atom. The van der Waals surface area contributed by atoms with Crippen LogP contribution < -0.4 is 10.6 Å². The molecule has 2 aliphatic rings. The van der Waals surface area contributed by atoms with Gasteiger partial charge in [0.15, 0.2) is 0 Å². The van der Waals surface area contributed by atoms with Crippen LogP contribution in [0.1, 0.15) is 32.1 Å². The SMILES string of the molecule is CSCC[C@H](NC(=O)[C@@H]1CCCN1C(=O)[C@@H]1CCCN1)C(=O)O. The molecule has 0 aromatic rings. The average Bonchev–Trinajstić information content (AvgIpc) is 3.21. The van der Waals surface area contributed by atoms with E-state index in [4.69, 9.17) is 0 Å². The number of carboxylic acid groups (broad SMARTS) is 1. The zero-order valence-corrected chi connectivity index (χ0v) is 14.2. The quantitative estimate of drug-likeness (QED) is 0.604. The highest BCUT2D eigenvalue weighted by Gasteiger charge is 2.38. The fraction of sp³-hybridized carbons (Fsp3) is 0.800. The van der Waals surface area contributed by atoms with Crippen molar-refractivity contribution >= 4 is 29.5 Å². The van der Waals surface area contributed by atoms with Crippen LogP contribution in [0.25, 0.3) is 0 Å². The van der Waals surface area contributed by atoms with Gasteiger partial charge in [0.25, 0.3) is 0 Å². The number of hydrogen-bond acceptors (Lipinski definition) is 5. The van der Waals surface area contributed by atoms with Crippen molar-refractivity contribution in [1.29, 1.82) is 0 Å². The van der Waals surface area contributed by atoms with Gasteiger partial charge >= 0.3 is 5.97 Å². The van der Waals surface area contributed by atoms with Crippen LogP contribution in [-0.2, 0) is 14.4 Å². The lowest BCUT2D eigenvalue weighted by Gasteiger charge is -2.27. The van der Waals surface area contributed by atoms with Crippen LogP contribution >= 0.6 is 11.8 Å². The van der Waals surface area contributed by atoms with E-state index in [0.29, 0.717) is 25.1 Å². The predicted octanol–water partition coefficient (Wildman–Crippen LogP) is 0.0519. The molecule has 0 aromatic heterocycles. The van der Waals surface area contributed by atoms with E-state index in [9.17, 15) is 19.5 Å². The normalized spacial score (nSPS) is 25.3. The molecule has 7 nitrogen and oxygen atoms in total. The molecule has 23 heavy (non-hydrogen) atoms. The van der Waals surface area contributed by atoms with E-state index in [1.165, 1.54) is 0 Å². The zero-order chi connectivity index (χ0) is 16.8. The largest absolute Gasteiger partial charge is 0.480 e. The van der Waals surface area contributed by atoms with Gasteiger partial charge in [-0.2, -0.15) is 11.8 Å². The number of carboxylic acids is 1. The van der Waals surface area contributed by atoms with E-state index >= 15 is 0 Å². The Morgan fingerprint density at radius 1 is 1.35 bits per heavy atom. The molecular formula is C15H25N3O4S. The molecular weight excluding hydrogens is 318 g/mol. The molecule has 0 spiro atoms. The molecule has 3 N–H and O–H groups in total. The molecule has 0 aliphatic carbocycles. The third-order valence-electron chi connectivity index (χ3n) is 4.42. The molecule has 2 fully saturated rings. The van der Waals surface area contributed by atoms with E-state index < -0.39 is 18.1 Å². The fourth-order valence-corrected chi connectivity index (χ4v) is 3.63. The number of likely N-dealkylation sites (tertiary alicyclic amines) is 1. The smallest absolute Gasteiger partial charge is 0.326 e. The van der Waals surface area contributed by atoms with Crippen molar-refractivity contribution < 1.29 is 19.5 Å². The Hall–Kier alpha value is -1.28. The molecule has 3 atom stereocenters. The average molecular weight is 343 g/mol. The van der Waals surface area contributed by atoms with Gasteiger partial charge < -0.3 is 20.6 Å². The number of thioether (sulfide) groups is 1. The molecule has 0 radical (unpaired) electrons. The second-order valence-electron chi connectivity index (χ2n) is 6.02. The van der Waals surface area contributed by atoms with Gasteiger partial charge in [0.2, 0.25) is 11.8 Å². The second kappa shape index (κ2) is 8.54. The van der Waals surface area contributed by atoms with Crippen molar-refractivity contribution in [2.24, 2.45) is 0 Å². The summed E-state index contributed by atoms with van der Waals surface area (Å²) >= 11 is 1.54. The molecule has 2 amide bonds. The highest BCUT2D eigenvalue weighted by Crippen LogP contribution is 2.21. The van der Waals surface area contributed by atoms with Gasteiger partial charge in [-0.05, 0) is 50.7 Å². The molecule has 2 saturated heterocycles. The molecule has 0 unspecified atom stereocenters. The molecule has 0 bridgehead atoms. The van der Waals surface area contributed by atoms with E-state index in [1.807, 2.05) is 6.26 Å². The molecule has 130 valence electrons. The number of carbonyl (C=O) groups excluding carboxylic acids is 2. The predicted molar refractivity (Wildman–Crippen MR) is 88.3 cm³/mol. The first-order chi connectivity index (χ1) is 11.0. The van der Waals surface area contributed by atoms with E-state index in [1.54, 1.807) is 16.7 Å². The van der Waals surface area contributed by atoms with Crippen molar-refractivity contribution in [1.82, 2.24) is 15.5 Å². The van der Waals surface area contributed by atoms with Crippen molar-refractivity contribution in [2.75, 3.05) is 25.1 Å². The van der Waals surface area contributed by atoms with Crippen molar-refractivity contribution in [3.63, 3.8) is 0 Å². The lowest BCUT2D eigenvalue weighted by atomic mass is 10.1. The van der Waals surface area contributed by atoms with Crippen LogP contribution in [0.4, 0.5) is 0 Å². The molecule has 2 heterocycles. The van der Waals surface area contributed by atoms with Gasteiger partial charge in [0.05, 0.1) is 6.04 Å². The summed E-state index contributed by atoms with van der Waals surface area (Å²) in [6.07, 6.45) is 5.42. The summed E-state index contributed by atoms with van der Waals surface area (Å²) in [5.41, 5.74) is 0. The molecule has 0 saturated carbocycles. The van der Waals surface area contributed by atoms with Crippen molar-refractivity contribution in [3.8, 4) is 0 Å². The minimum atomic E-state index is -1.03. The molecule has 8 heteroatoms. The van der Waals surface area contributed by atoms with Crippen LogP contribution in [0.5, 0.6) is 0 Å². The third-order valence-corrected chi connectivity index (χ3v) is 5.07.